The Hall–Kier alpha value is -2.60. The summed E-state index contributed by atoms with van der Waals surface area (Å²) >= 11 is 1.80. The van der Waals surface area contributed by atoms with Gasteiger partial charge in [0, 0.05) is 42.8 Å². The number of guanidine groups is 1. The number of aliphatic imine (C=N–C) groups is 1. The lowest BCUT2D eigenvalue weighted by molar-refractivity contribution is 0.709. The lowest BCUT2D eigenvalue weighted by atomic mass is 10.1. The summed E-state index contributed by atoms with van der Waals surface area (Å²) in [6.07, 6.45) is 3.86. The number of aromatic nitrogens is 2. The molecule has 0 saturated heterocycles. The number of nitrogens with one attached hydrogen (secondary N) is 2. The van der Waals surface area contributed by atoms with Crippen LogP contribution in [0, 0.1) is 6.92 Å². The van der Waals surface area contributed by atoms with Crippen LogP contribution in [0.15, 0.2) is 59.2 Å². The van der Waals surface area contributed by atoms with Crippen molar-refractivity contribution in [2.24, 2.45) is 4.99 Å². The van der Waals surface area contributed by atoms with Crippen molar-refractivity contribution in [2.75, 3.05) is 13.1 Å². The first kappa shape index (κ1) is 20.1. The zero-order valence-corrected chi connectivity index (χ0v) is 17.7. The molecule has 0 aliphatic carbocycles. The summed E-state index contributed by atoms with van der Waals surface area (Å²) in [7, 11) is 0. The van der Waals surface area contributed by atoms with E-state index in [0.29, 0.717) is 12.5 Å². The number of hydrogen-bond acceptors (Lipinski definition) is 3. The second-order valence-electron chi connectivity index (χ2n) is 6.91. The summed E-state index contributed by atoms with van der Waals surface area (Å²) in [6.45, 7) is 9.56. The first-order chi connectivity index (χ1) is 13.7. The van der Waals surface area contributed by atoms with Crippen molar-refractivity contribution in [3.8, 4) is 0 Å². The predicted octanol–water partition coefficient (Wildman–Crippen LogP) is 4.16. The number of rotatable bonds is 8. The van der Waals surface area contributed by atoms with E-state index in [1.54, 1.807) is 11.3 Å². The Bertz CT molecular complexity index is 882. The third-order valence-electron chi connectivity index (χ3n) is 4.64. The molecule has 1 unspecified atom stereocenters. The molecule has 28 heavy (non-hydrogen) atoms. The van der Waals surface area contributed by atoms with E-state index < -0.39 is 0 Å². The SMILES string of the molecule is CCNC(=NCc1cccc(Cn2ccnc2C)c1)NCC(C)c1cccs1. The van der Waals surface area contributed by atoms with Gasteiger partial charge in [0.1, 0.15) is 5.82 Å². The van der Waals surface area contributed by atoms with Gasteiger partial charge in [-0.2, -0.15) is 0 Å². The van der Waals surface area contributed by atoms with Gasteiger partial charge in [-0.05, 0) is 36.4 Å². The van der Waals surface area contributed by atoms with E-state index in [1.807, 2.05) is 19.3 Å². The van der Waals surface area contributed by atoms with Crippen LogP contribution in [0.5, 0.6) is 0 Å². The van der Waals surface area contributed by atoms with Crippen LogP contribution < -0.4 is 10.6 Å². The third-order valence-corrected chi connectivity index (χ3v) is 5.74. The summed E-state index contributed by atoms with van der Waals surface area (Å²) < 4.78 is 2.15. The summed E-state index contributed by atoms with van der Waals surface area (Å²) in [4.78, 5) is 10.5. The molecule has 148 valence electrons. The molecule has 0 radical (unpaired) electrons. The summed E-state index contributed by atoms with van der Waals surface area (Å²) in [5.41, 5.74) is 2.47. The summed E-state index contributed by atoms with van der Waals surface area (Å²) in [5, 5.41) is 8.94. The topological polar surface area (TPSA) is 54.2 Å². The second kappa shape index (κ2) is 10.1. The van der Waals surface area contributed by atoms with Crippen molar-refractivity contribution < 1.29 is 0 Å². The Labute approximate surface area is 171 Å². The van der Waals surface area contributed by atoms with Gasteiger partial charge < -0.3 is 15.2 Å². The van der Waals surface area contributed by atoms with E-state index in [4.69, 9.17) is 4.99 Å². The molecule has 0 bridgehead atoms. The van der Waals surface area contributed by atoms with Crippen LogP contribution in [0.1, 0.15) is 41.6 Å². The van der Waals surface area contributed by atoms with Gasteiger partial charge in [-0.3, -0.25) is 0 Å². The fraction of sp³-hybridized carbons (Fsp3) is 0.364. The van der Waals surface area contributed by atoms with Gasteiger partial charge in [0.05, 0.1) is 6.54 Å². The number of thiophene rings is 1. The normalized spacial score (nSPS) is 12.8. The number of benzene rings is 1. The van der Waals surface area contributed by atoms with Gasteiger partial charge in [0.15, 0.2) is 5.96 Å². The van der Waals surface area contributed by atoms with E-state index >= 15 is 0 Å². The molecule has 0 fully saturated rings. The van der Waals surface area contributed by atoms with E-state index in [1.165, 1.54) is 16.0 Å². The molecule has 1 atom stereocenters. The van der Waals surface area contributed by atoms with E-state index in [-0.39, 0.29) is 0 Å². The molecule has 3 aromatic rings. The second-order valence-corrected chi connectivity index (χ2v) is 7.89. The maximum atomic E-state index is 4.77. The highest BCUT2D eigenvalue weighted by atomic mass is 32.1. The number of imidazole rings is 1. The van der Waals surface area contributed by atoms with Crippen molar-refractivity contribution in [1.82, 2.24) is 20.2 Å². The minimum Gasteiger partial charge on any atom is -0.357 e. The lowest BCUT2D eigenvalue weighted by Crippen LogP contribution is -2.39. The largest absolute Gasteiger partial charge is 0.357 e. The van der Waals surface area contributed by atoms with Crippen LogP contribution in [-0.2, 0) is 13.1 Å². The van der Waals surface area contributed by atoms with Crippen molar-refractivity contribution in [1.29, 1.82) is 0 Å². The van der Waals surface area contributed by atoms with Crippen molar-refractivity contribution in [3.63, 3.8) is 0 Å². The minimum atomic E-state index is 0.464. The van der Waals surface area contributed by atoms with Gasteiger partial charge in [0.25, 0.3) is 0 Å². The summed E-state index contributed by atoms with van der Waals surface area (Å²) in [5.74, 6) is 2.36. The highest BCUT2D eigenvalue weighted by Crippen LogP contribution is 2.19. The van der Waals surface area contributed by atoms with Crippen LogP contribution in [0.25, 0.3) is 0 Å². The molecule has 6 heteroatoms. The summed E-state index contributed by atoms with van der Waals surface area (Å²) in [6, 6.07) is 12.9. The molecular weight excluding hydrogens is 366 g/mol. The molecule has 0 saturated carbocycles. The van der Waals surface area contributed by atoms with Crippen LogP contribution >= 0.6 is 11.3 Å². The van der Waals surface area contributed by atoms with E-state index in [0.717, 1.165) is 31.4 Å². The maximum absolute atomic E-state index is 4.77. The van der Waals surface area contributed by atoms with Gasteiger partial charge in [0.2, 0.25) is 0 Å². The molecule has 0 aliphatic rings. The van der Waals surface area contributed by atoms with Gasteiger partial charge in [-0.15, -0.1) is 11.3 Å². The number of nitrogens with zero attached hydrogens (tertiary/aromatic N) is 3. The Morgan fingerprint density at radius 2 is 2.07 bits per heavy atom. The fourth-order valence-electron chi connectivity index (χ4n) is 3.03. The fourth-order valence-corrected chi connectivity index (χ4v) is 3.82. The van der Waals surface area contributed by atoms with E-state index in [9.17, 15) is 0 Å². The third kappa shape index (κ3) is 5.70. The molecule has 0 amide bonds. The van der Waals surface area contributed by atoms with Crippen molar-refractivity contribution in [3.05, 3.63) is 76.0 Å². The van der Waals surface area contributed by atoms with Gasteiger partial charge in [-0.1, -0.05) is 37.3 Å². The Morgan fingerprint density at radius 1 is 1.21 bits per heavy atom. The number of aryl methyl sites for hydroxylation is 1. The number of hydrogen-bond donors (Lipinski definition) is 2. The standard InChI is InChI=1S/C22H29N5S/c1-4-23-22(25-14-17(2)21-9-6-12-28-21)26-15-19-7-5-8-20(13-19)16-27-11-10-24-18(27)3/h5-13,17H,4,14-16H2,1-3H3,(H2,23,25,26). The van der Waals surface area contributed by atoms with Gasteiger partial charge in [-0.25, -0.2) is 9.98 Å². The Morgan fingerprint density at radius 3 is 2.79 bits per heavy atom. The van der Waals surface area contributed by atoms with Gasteiger partial charge >= 0.3 is 0 Å². The highest BCUT2D eigenvalue weighted by Gasteiger charge is 2.07. The molecule has 0 aliphatic heterocycles. The molecule has 2 heterocycles. The molecule has 2 aromatic heterocycles. The molecule has 5 nitrogen and oxygen atoms in total. The quantitative estimate of drug-likeness (QED) is 0.445. The maximum Gasteiger partial charge on any atom is 0.191 e. The van der Waals surface area contributed by atoms with Crippen molar-refractivity contribution >= 4 is 17.3 Å². The smallest absolute Gasteiger partial charge is 0.191 e. The highest BCUT2D eigenvalue weighted by molar-refractivity contribution is 7.10. The molecule has 1 aromatic carbocycles. The first-order valence-corrected chi connectivity index (χ1v) is 10.6. The van der Waals surface area contributed by atoms with Crippen LogP contribution in [0.3, 0.4) is 0 Å². The zero-order valence-electron chi connectivity index (χ0n) is 16.9. The Kier molecular flexibility index (Phi) is 7.25. The monoisotopic (exact) mass is 395 g/mol. The van der Waals surface area contributed by atoms with Crippen LogP contribution in [0.4, 0.5) is 0 Å². The molecule has 0 spiro atoms. The van der Waals surface area contributed by atoms with E-state index in [2.05, 4.69) is 75.8 Å². The zero-order chi connectivity index (χ0) is 19.8. The average molecular weight is 396 g/mol. The van der Waals surface area contributed by atoms with Crippen molar-refractivity contribution in [2.45, 2.75) is 39.8 Å². The molecular formula is C22H29N5S. The predicted molar refractivity (Wildman–Crippen MR) is 118 cm³/mol. The lowest BCUT2D eigenvalue weighted by Gasteiger charge is -2.15. The first-order valence-electron chi connectivity index (χ1n) is 9.77. The average Bonchev–Trinajstić information content (AvgIpc) is 3.37. The molecule has 2 N–H and O–H groups in total. The van der Waals surface area contributed by atoms with Crippen LogP contribution in [0.2, 0.25) is 0 Å². The van der Waals surface area contributed by atoms with Crippen LogP contribution in [-0.4, -0.2) is 28.6 Å². The molecule has 3 rings (SSSR count). The Balaban J connectivity index is 1.60. The minimum absolute atomic E-state index is 0.464.